The maximum absolute atomic E-state index is 10.9. The maximum atomic E-state index is 10.9. The third kappa shape index (κ3) is 2.55. The van der Waals surface area contributed by atoms with E-state index in [9.17, 15) is 4.79 Å². The van der Waals surface area contributed by atoms with Crippen LogP contribution in [0.3, 0.4) is 0 Å². The predicted octanol–water partition coefficient (Wildman–Crippen LogP) is 2.83. The second kappa shape index (κ2) is 5.14. The number of carboxylic acids is 1. The lowest BCUT2D eigenvalue weighted by molar-refractivity contribution is 0.0683. The zero-order chi connectivity index (χ0) is 12.3. The van der Waals surface area contributed by atoms with Gasteiger partial charge in [-0.15, -0.1) is 11.8 Å². The number of rotatable bonds is 4. The number of para-hydroxylation sites is 1. The first-order valence-electron chi connectivity index (χ1n) is 5.35. The van der Waals surface area contributed by atoms with Crippen molar-refractivity contribution < 1.29 is 9.90 Å². The van der Waals surface area contributed by atoms with Crippen molar-refractivity contribution >= 4 is 28.6 Å². The van der Waals surface area contributed by atoms with Crippen molar-refractivity contribution in [1.29, 1.82) is 0 Å². The molecule has 0 amide bonds. The lowest BCUT2D eigenvalue weighted by Gasteiger charge is -2.05. The topological polar surface area (TPSA) is 63.1 Å². The van der Waals surface area contributed by atoms with Crippen molar-refractivity contribution in [1.82, 2.24) is 9.97 Å². The Hall–Kier alpha value is -1.62. The monoisotopic (exact) mass is 248 g/mol. The molecule has 2 rings (SSSR count). The summed E-state index contributed by atoms with van der Waals surface area (Å²) >= 11 is 1.57. The van der Waals surface area contributed by atoms with Gasteiger partial charge in [-0.05, 0) is 18.2 Å². The van der Waals surface area contributed by atoms with E-state index in [0.717, 1.165) is 22.6 Å². The van der Waals surface area contributed by atoms with Gasteiger partial charge in [0.15, 0.2) is 0 Å². The van der Waals surface area contributed by atoms with E-state index in [4.69, 9.17) is 5.11 Å². The standard InChI is InChI=1S/C12H12N2O2S/c1-2-7-17-11-8-5-3-4-6-9(8)13-10(14-11)12(15)16/h3-6H,2,7H2,1H3,(H,15,16). The molecule has 0 bridgehead atoms. The molecule has 1 heterocycles. The number of carboxylic acid groups (broad SMARTS) is 1. The number of nitrogens with zero attached hydrogens (tertiary/aromatic N) is 2. The lowest BCUT2D eigenvalue weighted by Crippen LogP contribution is -2.05. The highest BCUT2D eigenvalue weighted by Gasteiger charge is 2.12. The average Bonchev–Trinajstić information content (AvgIpc) is 2.35. The Balaban J connectivity index is 2.56. The van der Waals surface area contributed by atoms with Crippen LogP contribution >= 0.6 is 11.8 Å². The minimum atomic E-state index is -1.09. The van der Waals surface area contributed by atoms with Crippen LogP contribution in [0.15, 0.2) is 29.3 Å². The zero-order valence-corrected chi connectivity index (χ0v) is 10.2. The number of benzene rings is 1. The van der Waals surface area contributed by atoms with Crippen LogP contribution in [-0.4, -0.2) is 26.8 Å². The molecule has 0 saturated carbocycles. The number of hydrogen-bond donors (Lipinski definition) is 1. The van der Waals surface area contributed by atoms with Crippen LogP contribution < -0.4 is 0 Å². The van der Waals surface area contributed by atoms with E-state index in [1.807, 2.05) is 18.2 Å². The van der Waals surface area contributed by atoms with Gasteiger partial charge in [0, 0.05) is 5.39 Å². The molecule has 1 aromatic heterocycles. The second-order valence-corrected chi connectivity index (χ2v) is 4.61. The number of aromatic carboxylic acids is 1. The summed E-state index contributed by atoms with van der Waals surface area (Å²) in [6.45, 7) is 2.08. The van der Waals surface area contributed by atoms with Crippen LogP contribution in [0.25, 0.3) is 10.9 Å². The minimum Gasteiger partial charge on any atom is -0.475 e. The molecule has 0 unspecified atom stereocenters. The third-order valence-corrected chi connectivity index (χ3v) is 3.40. The Labute approximate surface area is 103 Å². The average molecular weight is 248 g/mol. The Kier molecular flexibility index (Phi) is 3.58. The molecule has 0 atom stereocenters. The Morgan fingerprint density at radius 1 is 1.35 bits per heavy atom. The first kappa shape index (κ1) is 11.9. The van der Waals surface area contributed by atoms with Gasteiger partial charge in [-0.25, -0.2) is 14.8 Å². The highest BCUT2D eigenvalue weighted by Crippen LogP contribution is 2.25. The summed E-state index contributed by atoms with van der Waals surface area (Å²) in [6, 6.07) is 7.47. The number of thioether (sulfide) groups is 1. The molecule has 0 saturated heterocycles. The summed E-state index contributed by atoms with van der Waals surface area (Å²) in [5.74, 6) is -0.309. The molecule has 2 aromatic rings. The van der Waals surface area contributed by atoms with Gasteiger partial charge in [-0.3, -0.25) is 0 Å². The Bertz CT molecular complexity index is 557. The molecule has 0 aliphatic rings. The normalized spacial score (nSPS) is 10.6. The largest absolute Gasteiger partial charge is 0.475 e. The van der Waals surface area contributed by atoms with E-state index in [-0.39, 0.29) is 5.82 Å². The predicted molar refractivity (Wildman–Crippen MR) is 67.5 cm³/mol. The summed E-state index contributed by atoms with van der Waals surface area (Å²) in [7, 11) is 0. The highest BCUT2D eigenvalue weighted by atomic mass is 32.2. The highest BCUT2D eigenvalue weighted by molar-refractivity contribution is 7.99. The van der Waals surface area contributed by atoms with Gasteiger partial charge in [0.2, 0.25) is 5.82 Å². The molecule has 4 nitrogen and oxygen atoms in total. The smallest absolute Gasteiger partial charge is 0.373 e. The fourth-order valence-electron chi connectivity index (χ4n) is 1.45. The quantitative estimate of drug-likeness (QED) is 0.666. The van der Waals surface area contributed by atoms with Crippen molar-refractivity contribution in [3.05, 3.63) is 30.1 Å². The Morgan fingerprint density at radius 3 is 2.82 bits per heavy atom. The van der Waals surface area contributed by atoms with Crippen molar-refractivity contribution in [2.45, 2.75) is 18.4 Å². The van der Waals surface area contributed by atoms with Crippen LogP contribution in [0, 0.1) is 0 Å². The minimum absolute atomic E-state index is 0.137. The molecule has 0 spiro atoms. The lowest BCUT2D eigenvalue weighted by atomic mass is 10.2. The van der Waals surface area contributed by atoms with Gasteiger partial charge in [0.25, 0.3) is 0 Å². The summed E-state index contributed by atoms with van der Waals surface area (Å²) in [4.78, 5) is 19.0. The van der Waals surface area contributed by atoms with E-state index in [1.165, 1.54) is 0 Å². The van der Waals surface area contributed by atoms with Gasteiger partial charge < -0.3 is 5.11 Å². The first-order chi connectivity index (χ1) is 8.22. The van der Waals surface area contributed by atoms with E-state index >= 15 is 0 Å². The van der Waals surface area contributed by atoms with Crippen LogP contribution in [0.1, 0.15) is 24.0 Å². The molecular formula is C12H12N2O2S. The van der Waals surface area contributed by atoms with Crippen LogP contribution in [0.5, 0.6) is 0 Å². The first-order valence-corrected chi connectivity index (χ1v) is 6.34. The van der Waals surface area contributed by atoms with Crippen molar-refractivity contribution in [3.8, 4) is 0 Å². The van der Waals surface area contributed by atoms with Gasteiger partial charge in [0.1, 0.15) is 5.03 Å². The number of hydrogen-bond acceptors (Lipinski definition) is 4. The molecule has 0 fully saturated rings. The fraction of sp³-hybridized carbons (Fsp3) is 0.250. The molecule has 5 heteroatoms. The molecule has 17 heavy (non-hydrogen) atoms. The van der Waals surface area contributed by atoms with Crippen LogP contribution in [-0.2, 0) is 0 Å². The van der Waals surface area contributed by atoms with E-state index in [0.29, 0.717) is 5.52 Å². The summed E-state index contributed by atoms with van der Waals surface area (Å²) in [5, 5.41) is 10.6. The van der Waals surface area contributed by atoms with Crippen LogP contribution in [0.2, 0.25) is 0 Å². The summed E-state index contributed by atoms with van der Waals surface area (Å²) in [5.41, 5.74) is 0.679. The van der Waals surface area contributed by atoms with Gasteiger partial charge in [-0.1, -0.05) is 25.1 Å². The van der Waals surface area contributed by atoms with Gasteiger partial charge >= 0.3 is 5.97 Å². The molecule has 88 valence electrons. The molecule has 1 aromatic carbocycles. The van der Waals surface area contributed by atoms with Gasteiger partial charge in [-0.2, -0.15) is 0 Å². The molecule has 0 aliphatic carbocycles. The van der Waals surface area contributed by atoms with E-state index in [2.05, 4.69) is 16.9 Å². The van der Waals surface area contributed by atoms with Crippen molar-refractivity contribution in [2.75, 3.05) is 5.75 Å². The summed E-state index contributed by atoms with van der Waals surface area (Å²) in [6.07, 6.45) is 1.02. The number of carbonyl (C=O) groups is 1. The molecular weight excluding hydrogens is 236 g/mol. The fourth-order valence-corrected chi connectivity index (χ4v) is 2.33. The second-order valence-electron chi connectivity index (χ2n) is 3.52. The third-order valence-electron chi connectivity index (χ3n) is 2.20. The number of aromatic nitrogens is 2. The molecule has 1 N–H and O–H groups in total. The maximum Gasteiger partial charge on any atom is 0.373 e. The SMILES string of the molecule is CCCSc1nc(C(=O)O)nc2ccccc12. The van der Waals surface area contributed by atoms with Crippen molar-refractivity contribution in [2.24, 2.45) is 0 Å². The Morgan fingerprint density at radius 2 is 2.12 bits per heavy atom. The van der Waals surface area contributed by atoms with Gasteiger partial charge in [0.05, 0.1) is 5.52 Å². The van der Waals surface area contributed by atoms with E-state index in [1.54, 1.807) is 17.8 Å². The summed E-state index contributed by atoms with van der Waals surface area (Å²) < 4.78 is 0. The van der Waals surface area contributed by atoms with E-state index < -0.39 is 5.97 Å². The molecule has 0 radical (unpaired) electrons. The van der Waals surface area contributed by atoms with Crippen LogP contribution in [0.4, 0.5) is 0 Å². The van der Waals surface area contributed by atoms with Crippen molar-refractivity contribution in [3.63, 3.8) is 0 Å². The molecule has 0 aliphatic heterocycles. The number of fused-ring (bicyclic) bond motifs is 1. The zero-order valence-electron chi connectivity index (χ0n) is 9.38.